The molecule has 2 nitrogen and oxygen atoms in total. The molecule has 0 unspecified atom stereocenters. The van der Waals surface area contributed by atoms with Crippen LogP contribution in [0.1, 0.15) is 66.7 Å². The summed E-state index contributed by atoms with van der Waals surface area (Å²) in [5, 5.41) is 10.4. The van der Waals surface area contributed by atoms with Crippen LogP contribution in [0.4, 0.5) is 0 Å². The van der Waals surface area contributed by atoms with E-state index in [0.717, 1.165) is 18.4 Å². The number of aliphatic hydroxyl groups excluding tert-OH is 1. The van der Waals surface area contributed by atoms with Gasteiger partial charge in [-0.3, -0.25) is 0 Å². The Balaban J connectivity index is 3.07. The molecule has 0 spiro atoms. The third-order valence-corrected chi connectivity index (χ3v) is 5.09. The fraction of sp³-hybridized carbons (Fsp3) is 0.778. The van der Waals surface area contributed by atoms with Gasteiger partial charge in [0.15, 0.2) is 0 Å². The number of ether oxygens (including phenoxy) is 1. The summed E-state index contributed by atoms with van der Waals surface area (Å²) in [6.45, 7) is 10.8. The Labute approximate surface area is 124 Å². The highest BCUT2D eigenvalue weighted by atomic mass is 16.5. The van der Waals surface area contributed by atoms with Crippen LogP contribution in [0, 0.1) is 11.3 Å². The molecule has 0 aliphatic heterocycles. The average Bonchev–Trinajstić information content (AvgIpc) is 2.43. The summed E-state index contributed by atoms with van der Waals surface area (Å²) >= 11 is 0. The maximum absolute atomic E-state index is 10.4. The average molecular weight is 280 g/mol. The minimum absolute atomic E-state index is 0.238. The van der Waals surface area contributed by atoms with Crippen LogP contribution in [0.2, 0.25) is 0 Å². The fourth-order valence-corrected chi connectivity index (χ4v) is 3.57. The van der Waals surface area contributed by atoms with E-state index in [2.05, 4.69) is 40.7 Å². The highest BCUT2D eigenvalue weighted by Crippen LogP contribution is 2.48. The summed E-state index contributed by atoms with van der Waals surface area (Å²) in [5.41, 5.74) is 2.61. The first kappa shape index (κ1) is 17.3. The molecule has 1 fully saturated rings. The lowest BCUT2D eigenvalue weighted by atomic mass is 9.62. The van der Waals surface area contributed by atoms with Crippen molar-refractivity contribution < 1.29 is 9.84 Å². The zero-order valence-electron chi connectivity index (χ0n) is 14.1. The van der Waals surface area contributed by atoms with Crippen LogP contribution in [0.15, 0.2) is 23.0 Å². The molecule has 116 valence electrons. The van der Waals surface area contributed by atoms with E-state index >= 15 is 0 Å². The van der Waals surface area contributed by atoms with Gasteiger partial charge in [-0.25, -0.2) is 0 Å². The molecule has 0 heterocycles. The first-order valence-corrected chi connectivity index (χ1v) is 7.90. The molecule has 0 bridgehead atoms. The van der Waals surface area contributed by atoms with Crippen molar-refractivity contribution in [2.75, 3.05) is 7.11 Å². The number of hydrogen-bond acceptors (Lipinski definition) is 2. The maximum Gasteiger partial charge on any atom is 0.0953 e. The van der Waals surface area contributed by atoms with Crippen molar-refractivity contribution in [3.8, 4) is 0 Å². The Bertz CT molecular complexity index is 377. The Morgan fingerprint density at radius 2 is 2.00 bits per heavy atom. The lowest BCUT2D eigenvalue weighted by Gasteiger charge is -2.46. The smallest absolute Gasteiger partial charge is 0.0953 e. The SMILES string of the molecule is CC[C@@]1(C)CCC[C@@H](OC)[C@@H]1/C(C)=C(\O)CC=C(C)C. The number of aliphatic hydroxyl groups is 1. The summed E-state index contributed by atoms with van der Waals surface area (Å²) in [4.78, 5) is 0. The molecule has 1 N–H and O–H groups in total. The lowest BCUT2D eigenvalue weighted by molar-refractivity contribution is -0.0303. The Morgan fingerprint density at radius 3 is 2.50 bits per heavy atom. The third-order valence-electron chi connectivity index (χ3n) is 5.09. The van der Waals surface area contributed by atoms with Gasteiger partial charge in [-0.1, -0.05) is 38.3 Å². The zero-order valence-corrected chi connectivity index (χ0v) is 14.1. The summed E-state index contributed by atoms with van der Waals surface area (Å²) in [5.74, 6) is 0.858. The van der Waals surface area contributed by atoms with Gasteiger partial charge in [-0.2, -0.15) is 0 Å². The summed E-state index contributed by atoms with van der Waals surface area (Å²) in [6, 6.07) is 0. The molecular weight excluding hydrogens is 248 g/mol. The molecular formula is C18H32O2. The number of rotatable bonds is 5. The van der Waals surface area contributed by atoms with Gasteiger partial charge in [-0.05, 0) is 44.6 Å². The third kappa shape index (κ3) is 3.88. The van der Waals surface area contributed by atoms with Gasteiger partial charge in [-0.15, -0.1) is 0 Å². The quantitative estimate of drug-likeness (QED) is 0.539. The second-order valence-electron chi connectivity index (χ2n) is 6.77. The predicted octanol–water partition coefficient (Wildman–Crippen LogP) is 5.41. The number of methoxy groups -OCH3 is 1. The summed E-state index contributed by atoms with van der Waals surface area (Å²) in [7, 11) is 1.81. The second kappa shape index (κ2) is 7.31. The molecule has 3 atom stereocenters. The molecule has 1 saturated carbocycles. The number of hydrogen-bond donors (Lipinski definition) is 1. The second-order valence-corrected chi connectivity index (χ2v) is 6.77. The molecule has 2 heteroatoms. The van der Waals surface area contributed by atoms with Gasteiger partial charge in [0, 0.05) is 19.4 Å². The molecule has 0 aromatic heterocycles. The topological polar surface area (TPSA) is 29.5 Å². The van der Waals surface area contributed by atoms with Crippen molar-refractivity contribution in [1.82, 2.24) is 0 Å². The van der Waals surface area contributed by atoms with E-state index in [-0.39, 0.29) is 11.5 Å². The molecule has 0 radical (unpaired) electrons. The van der Waals surface area contributed by atoms with E-state index in [1.54, 1.807) is 7.11 Å². The lowest BCUT2D eigenvalue weighted by Crippen LogP contribution is -2.42. The first-order valence-electron chi connectivity index (χ1n) is 7.90. The molecule has 0 amide bonds. The first-order chi connectivity index (χ1) is 9.35. The van der Waals surface area contributed by atoms with Gasteiger partial charge >= 0.3 is 0 Å². The van der Waals surface area contributed by atoms with Crippen molar-refractivity contribution in [1.29, 1.82) is 0 Å². The minimum atomic E-state index is 0.238. The van der Waals surface area contributed by atoms with Crippen molar-refractivity contribution in [2.24, 2.45) is 11.3 Å². The molecule has 1 aliphatic rings. The molecule has 20 heavy (non-hydrogen) atoms. The van der Waals surface area contributed by atoms with Gasteiger partial charge < -0.3 is 9.84 Å². The van der Waals surface area contributed by atoms with Crippen LogP contribution in [0.5, 0.6) is 0 Å². The van der Waals surface area contributed by atoms with Crippen LogP contribution in [0.25, 0.3) is 0 Å². The van der Waals surface area contributed by atoms with Crippen LogP contribution in [0.3, 0.4) is 0 Å². The standard InChI is InChI=1S/C18H32O2/c1-7-18(5)12-8-9-16(20-6)17(18)14(4)15(19)11-10-13(2)3/h10,16-17,19H,7-9,11-12H2,1-6H3/b15-14-/t16-,17+,18+/m1/s1. The van der Waals surface area contributed by atoms with Crippen LogP contribution < -0.4 is 0 Å². The normalized spacial score (nSPS) is 31.7. The Kier molecular flexibility index (Phi) is 6.32. The van der Waals surface area contributed by atoms with Crippen molar-refractivity contribution >= 4 is 0 Å². The highest BCUT2D eigenvalue weighted by Gasteiger charge is 2.42. The van der Waals surface area contributed by atoms with Crippen LogP contribution in [-0.4, -0.2) is 18.3 Å². The van der Waals surface area contributed by atoms with E-state index in [1.807, 2.05) is 0 Å². The molecule has 1 aliphatic carbocycles. The van der Waals surface area contributed by atoms with Crippen molar-refractivity contribution in [2.45, 2.75) is 72.8 Å². The Morgan fingerprint density at radius 1 is 1.35 bits per heavy atom. The van der Waals surface area contributed by atoms with E-state index < -0.39 is 0 Å². The summed E-state index contributed by atoms with van der Waals surface area (Å²) in [6.07, 6.45) is 7.65. The fourth-order valence-electron chi connectivity index (χ4n) is 3.57. The van der Waals surface area contributed by atoms with Gasteiger partial charge in [0.05, 0.1) is 11.9 Å². The van der Waals surface area contributed by atoms with Crippen molar-refractivity contribution in [3.05, 3.63) is 23.0 Å². The van der Waals surface area contributed by atoms with Gasteiger partial charge in [0.2, 0.25) is 0 Å². The van der Waals surface area contributed by atoms with Crippen LogP contribution in [-0.2, 0) is 4.74 Å². The largest absolute Gasteiger partial charge is 0.512 e. The highest BCUT2D eigenvalue weighted by molar-refractivity contribution is 5.18. The van der Waals surface area contributed by atoms with E-state index in [9.17, 15) is 5.11 Å². The van der Waals surface area contributed by atoms with Gasteiger partial charge in [0.25, 0.3) is 0 Å². The molecule has 1 rings (SSSR count). The monoisotopic (exact) mass is 280 g/mol. The van der Waals surface area contributed by atoms with Crippen molar-refractivity contribution in [3.63, 3.8) is 0 Å². The Hall–Kier alpha value is -0.760. The summed E-state index contributed by atoms with van der Waals surface area (Å²) < 4.78 is 5.74. The van der Waals surface area contributed by atoms with E-state index in [1.165, 1.54) is 18.4 Å². The number of allylic oxidation sites excluding steroid dienone is 2. The molecule has 0 saturated heterocycles. The van der Waals surface area contributed by atoms with Crippen LogP contribution >= 0.6 is 0 Å². The van der Waals surface area contributed by atoms with E-state index in [0.29, 0.717) is 18.1 Å². The molecule has 0 aromatic carbocycles. The van der Waals surface area contributed by atoms with E-state index in [4.69, 9.17) is 4.74 Å². The zero-order chi connectivity index (χ0) is 15.3. The molecule has 0 aromatic rings. The predicted molar refractivity (Wildman–Crippen MR) is 85.9 cm³/mol. The maximum atomic E-state index is 10.4. The van der Waals surface area contributed by atoms with Gasteiger partial charge in [0.1, 0.15) is 0 Å². The minimum Gasteiger partial charge on any atom is -0.512 e.